The average Bonchev–Trinajstić information content (AvgIpc) is 2.89. The molecule has 1 heterocycles. The molecule has 0 aliphatic heterocycles. The third kappa shape index (κ3) is 8.32. The first-order valence-corrected chi connectivity index (χ1v) is 12.2. The molecule has 10 nitrogen and oxygen atoms in total. The van der Waals surface area contributed by atoms with E-state index in [0.29, 0.717) is 48.7 Å². The van der Waals surface area contributed by atoms with Crippen LogP contribution < -0.4 is 36.9 Å². The summed E-state index contributed by atoms with van der Waals surface area (Å²) in [7, 11) is 0. The van der Waals surface area contributed by atoms with Crippen LogP contribution in [0, 0.1) is 0 Å². The Labute approximate surface area is 224 Å². The number of hydrogen-bond acceptors (Lipinski definition) is 9. The van der Waals surface area contributed by atoms with Crippen LogP contribution >= 0.6 is 0 Å². The number of hydrogen-bond donors (Lipinski definition) is 5. The Morgan fingerprint density at radius 1 is 1.13 bits per heavy atom. The lowest BCUT2D eigenvalue weighted by molar-refractivity contribution is -0.137. The maximum absolute atomic E-state index is 13.7. The smallest absolute Gasteiger partial charge is 0.421 e. The molecular formula is C26H31F3N8O2. The zero-order valence-electron chi connectivity index (χ0n) is 21.6. The van der Waals surface area contributed by atoms with Crippen LogP contribution in [0.5, 0.6) is 5.75 Å². The summed E-state index contributed by atoms with van der Waals surface area (Å²) in [5.74, 6) is 5.68. The molecule has 0 saturated carbocycles. The standard InChI is InChI=1S/C26H31F3N8O2/c1-4-23(38)33-17-8-7-9-18(14-17)34-24-20(26(27,28)29)16-32-25(36-24)35-19-10-11-21(22(15-19)39-6-3)37(30)13-12-31-5-2/h4,7-11,14-16,31H,1,5-6,12-13,30H2,2-3H3,(H,33,38)(H2,32,34,35,36). The molecule has 3 aromatic rings. The van der Waals surface area contributed by atoms with E-state index in [-0.39, 0.29) is 11.6 Å². The van der Waals surface area contributed by atoms with Crippen molar-refractivity contribution in [2.24, 2.45) is 5.84 Å². The van der Waals surface area contributed by atoms with Crippen molar-refractivity contribution in [3.63, 3.8) is 0 Å². The molecule has 3 rings (SSSR count). The summed E-state index contributed by atoms with van der Waals surface area (Å²) in [5, 5.41) is 12.9. The van der Waals surface area contributed by atoms with E-state index in [2.05, 4.69) is 37.8 Å². The number of nitrogens with one attached hydrogen (secondary N) is 4. The Kier molecular flexibility index (Phi) is 10.1. The minimum Gasteiger partial charge on any atom is -0.492 e. The number of rotatable bonds is 13. The number of likely N-dealkylation sites (N-methyl/N-ethyl adjacent to an activating group) is 1. The molecule has 0 spiro atoms. The van der Waals surface area contributed by atoms with Gasteiger partial charge in [-0.3, -0.25) is 4.79 Å². The maximum Gasteiger partial charge on any atom is 0.421 e. The predicted octanol–water partition coefficient (Wildman–Crippen LogP) is 4.80. The Morgan fingerprint density at radius 2 is 1.87 bits per heavy atom. The lowest BCUT2D eigenvalue weighted by atomic mass is 10.2. The first kappa shape index (κ1) is 29.2. The summed E-state index contributed by atoms with van der Waals surface area (Å²) >= 11 is 0. The molecule has 0 unspecified atom stereocenters. The molecule has 0 aliphatic carbocycles. The third-order valence-corrected chi connectivity index (χ3v) is 5.28. The van der Waals surface area contributed by atoms with E-state index in [1.807, 2.05) is 13.8 Å². The highest BCUT2D eigenvalue weighted by Gasteiger charge is 2.35. The van der Waals surface area contributed by atoms with Crippen LogP contribution in [0.3, 0.4) is 0 Å². The number of carbonyl (C=O) groups is 1. The monoisotopic (exact) mass is 544 g/mol. The summed E-state index contributed by atoms with van der Waals surface area (Å²) in [5.41, 5.74) is 0.726. The summed E-state index contributed by atoms with van der Waals surface area (Å²) in [4.78, 5) is 19.5. The van der Waals surface area contributed by atoms with Crippen molar-refractivity contribution in [2.45, 2.75) is 20.0 Å². The quantitative estimate of drug-likeness (QED) is 0.0892. The Hall–Kier alpha value is -4.36. The number of carbonyl (C=O) groups excluding carboxylic acids is 1. The number of nitrogens with zero attached hydrogens (tertiary/aromatic N) is 3. The maximum atomic E-state index is 13.7. The van der Waals surface area contributed by atoms with E-state index in [1.54, 1.807) is 41.4 Å². The van der Waals surface area contributed by atoms with Gasteiger partial charge in [-0.1, -0.05) is 19.6 Å². The van der Waals surface area contributed by atoms with Gasteiger partial charge in [-0.2, -0.15) is 18.2 Å². The highest BCUT2D eigenvalue weighted by molar-refractivity contribution is 5.99. The van der Waals surface area contributed by atoms with Crippen LogP contribution in [0.4, 0.5) is 47.7 Å². The van der Waals surface area contributed by atoms with Crippen molar-refractivity contribution in [1.29, 1.82) is 0 Å². The Morgan fingerprint density at radius 3 is 2.56 bits per heavy atom. The molecule has 0 atom stereocenters. The van der Waals surface area contributed by atoms with Crippen LogP contribution in [0.2, 0.25) is 0 Å². The Bertz CT molecular complexity index is 1290. The Balaban J connectivity index is 1.88. The first-order valence-electron chi connectivity index (χ1n) is 12.2. The van der Waals surface area contributed by atoms with Crippen molar-refractivity contribution < 1.29 is 22.7 Å². The fourth-order valence-corrected chi connectivity index (χ4v) is 3.48. The molecule has 208 valence electrons. The summed E-state index contributed by atoms with van der Waals surface area (Å²) in [6.07, 6.45) is -2.93. The number of hydrazine groups is 1. The lowest BCUT2D eigenvalue weighted by Gasteiger charge is -2.22. The largest absolute Gasteiger partial charge is 0.492 e. The second kappa shape index (κ2) is 13.4. The number of halogens is 3. The van der Waals surface area contributed by atoms with Crippen molar-refractivity contribution >= 4 is 40.4 Å². The van der Waals surface area contributed by atoms with Gasteiger partial charge < -0.3 is 31.0 Å². The van der Waals surface area contributed by atoms with E-state index in [4.69, 9.17) is 10.6 Å². The van der Waals surface area contributed by atoms with E-state index in [0.717, 1.165) is 12.6 Å². The SMILES string of the molecule is C=CC(=O)Nc1cccc(Nc2nc(Nc3ccc(N(N)CCNCC)c(OCC)c3)ncc2C(F)(F)F)c1. The van der Waals surface area contributed by atoms with E-state index in [1.165, 1.54) is 6.07 Å². The molecular weight excluding hydrogens is 513 g/mol. The van der Waals surface area contributed by atoms with E-state index >= 15 is 0 Å². The molecule has 39 heavy (non-hydrogen) atoms. The van der Waals surface area contributed by atoms with Gasteiger partial charge in [0.25, 0.3) is 0 Å². The normalized spacial score (nSPS) is 11.0. The molecule has 0 fully saturated rings. The zero-order valence-corrected chi connectivity index (χ0v) is 21.6. The minimum atomic E-state index is -4.71. The number of ether oxygens (including phenoxy) is 1. The van der Waals surface area contributed by atoms with Gasteiger partial charge in [0.1, 0.15) is 17.1 Å². The number of aromatic nitrogens is 2. The van der Waals surface area contributed by atoms with Gasteiger partial charge >= 0.3 is 6.18 Å². The third-order valence-electron chi connectivity index (χ3n) is 5.28. The molecule has 0 saturated heterocycles. The van der Waals surface area contributed by atoms with Crippen LogP contribution in [-0.2, 0) is 11.0 Å². The number of nitrogens with two attached hydrogens (primary N) is 1. The van der Waals surface area contributed by atoms with Gasteiger partial charge in [0.2, 0.25) is 11.9 Å². The van der Waals surface area contributed by atoms with Gasteiger partial charge in [-0.05, 0) is 49.9 Å². The fraction of sp³-hybridized carbons (Fsp3) is 0.269. The molecule has 0 bridgehead atoms. The van der Waals surface area contributed by atoms with Crippen molar-refractivity contribution in [3.8, 4) is 5.75 Å². The topological polar surface area (TPSA) is 129 Å². The summed E-state index contributed by atoms with van der Waals surface area (Å²) < 4.78 is 46.9. The average molecular weight is 545 g/mol. The van der Waals surface area contributed by atoms with Crippen LogP contribution in [0.15, 0.2) is 61.3 Å². The first-order chi connectivity index (χ1) is 18.6. The van der Waals surface area contributed by atoms with Crippen molar-refractivity contribution in [1.82, 2.24) is 15.3 Å². The highest BCUT2D eigenvalue weighted by Crippen LogP contribution is 2.36. The second-order valence-corrected chi connectivity index (χ2v) is 8.14. The van der Waals surface area contributed by atoms with Crippen molar-refractivity contribution in [2.75, 3.05) is 47.2 Å². The van der Waals surface area contributed by atoms with Gasteiger partial charge in [-0.25, -0.2) is 10.8 Å². The van der Waals surface area contributed by atoms with Gasteiger partial charge in [-0.15, -0.1) is 0 Å². The fourth-order valence-electron chi connectivity index (χ4n) is 3.48. The lowest BCUT2D eigenvalue weighted by Crippen LogP contribution is -2.37. The van der Waals surface area contributed by atoms with E-state index in [9.17, 15) is 18.0 Å². The summed E-state index contributed by atoms with van der Waals surface area (Å²) in [6.45, 7) is 9.62. The van der Waals surface area contributed by atoms with Crippen LogP contribution in [0.1, 0.15) is 19.4 Å². The van der Waals surface area contributed by atoms with Crippen LogP contribution in [0.25, 0.3) is 0 Å². The highest BCUT2D eigenvalue weighted by atomic mass is 19.4. The van der Waals surface area contributed by atoms with Gasteiger partial charge in [0, 0.05) is 42.4 Å². The molecule has 6 N–H and O–H groups in total. The molecule has 0 aliphatic rings. The second-order valence-electron chi connectivity index (χ2n) is 8.14. The molecule has 2 aromatic carbocycles. The number of benzene rings is 2. The minimum absolute atomic E-state index is 0.0754. The molecule has 1 amide bonds. The number of amides is 1. The molecule has 0 radical (unpaired) electrons. The van der Waals surface area contributed by atoms with E-state index < -0.39 is 23.5 Å². The zero-order chi connectivity index (χ0) is 28.4. The van der Waals surface area contributed by atoms with Crippen molar-refractivity contribution in [3.05, 3.63) is 66.9 Å². The van der Waals surface area contributed by atoms with Crippen LogP contribution in [-0.4, -0.2) is 42.1 Å². The van der Waals surface area contributed by atoms with Gasteiger partial charge in [0.15, 0.2) is 0 Å². The number of alkyl halides is 3. The number of anilines is 6. The summed E-state index contributed by atoms with van der Waals surface area (Å²) in [6, 6.07) is 11.3. The molecule has 13 heteroatoms. The predicted molar refractivity (Wildman–Crippen MR) is 147 cm³/mol. The molecule has 1 aromatic heterocycles. The van der Waals surface area contributed by atoms with Gasteiger partial charge in [0.05, 0.1) is 12.3 Å².